The highest BCUT2D eigenvalue weighted by Gasteiger charge is 2.84. The third kappa shape index (κ3) is 3.36. The van der Waals surface area contributed by atoms with Crippen molar-refractivity contribution < 1.29 is 19.7 Å². The van der Waals surface area contributed by atoms with Crippen LogP contribution in [0.5, 0.6) is 0 Å². The fourth-order valence-electron chi connectivity index (χ4n) is 8.75. The third-order valence-corrected chi connectivity index (χ3v) is 11.4. The first-order chi connectivity index (χ1) is 20.0. The molecule has 0 saturated carbocycles. The second kappa shape index (κ2) is 9.19. The van der Waals surface area contributed by atoms with Gasteiger partial charge in [-0.05, 0) is 72.6 Å². The Morgan fingerprint density at radius 2 is 1.88 bits per heavy atom. The Labute approximate surface area is 246 Å². The molecule has 2 aromatic rings. The summed E-state index contributed by atoms with van der Waals surface area (Å²) in [4.78, 5) is 20.7. The second-order valence-electron chi connectivity index (χ2n) is 13.1. The number of hydrogen-bond donors (Lipinski definition) is 7. The van der Waals surface area contributed by atoms with E-state index in [1.54, 1.807) is 0 Å². The molecule has 0 aromatic carbocycles. The second-order valence-corrected chi connectivity index (χ2v) is 13.1. The minimum absolute atomic E-state index is 0.0362. The Morgan fingerprint density at radius 1 is 1.12 bits per heavy atom. The van der Waals surface area contributed by atoms with Gasteiger partial charge in [0.15, 0.2) is 5.72 Å². The van der Waals surface area contributed by atoms with Crippen LogP contribution in [-0.2, 0) is 22.4 Å². The number of H-pyrrole nitrogens is 2. The van der Waals surface area contributed by atoms with Gasteiger partial charge in [0.05, 0.1) is 13.7 Å². The minimum atomic E-state index is -1.40. The maximum Gasteiger partial charge on any atom is 0.317 e. The molecule has 0 radical (unpaired) electrons. The van der Waals surface area contributed by atoms with Crippen molar-refractivity contribution in [1.82, 2.24) is 25.9 Å². The maximum atomic E-state index is 13.4. The molecule has 0 amide bonds. The number of aliphatic hydroxyl groups is 2. The van der Waals surface area contributed by atoms with Crippen LogP contribution in [0.15, 0.2) is 17.0 Å². The van der Waals surface area contributed by atoms with Crippen LogP contribution in [0.3, 0.4) is 0 Å². The van der Waals surface area contributed by atoms with Crippen molar-refractivity contribution in [3.63, 3.8) is 0 Å². The van der Waals surface area contributed by atoms with Gasteiger partial charge in [-0.1, -0.05) is 27.7 Å². The topological polar surface area (TPSA) is 144 Å². The van der Waals surface area contributed by atoms with Gasteiger partial charge >= 0.3 is 5.97 Å². The zero-order valence-corrected chi connectivity index (χ0v) is 25.5. The van der Waals surface area contributed by atoms with Crippen LogP contribution in [0.1, 0.15) is 61.5 Å². The Balaban J connectivity index is 1.50. The largest absolute Gasteiger partial charge is 0.468 e. The molecule has 5 aliphatic rings. The van der Waals surface area contributed by atoms with Crippen LogP contribution in [0.25, 0.3) is 18.2 Å². The molecule has 9 heteroatoms. The van der Waals surface area contributed by atoms with E-state index in [2.05, 4.69) is 79.6 Å². The maximum absolute atomic E-state index is 13.4. The van der Waals surface area contributed by atoms with Gasteiger partial charge < -0.3 is 35.6 Å². The molecule has 6 heterocycles. The molecular formula is C33H43N5O4. The highest BCUT2D eigenvalue weighted by Crippen LogP contribution is 2.65. The number of hydrogen-bond acceptors (Lipinski definition) is 7. The lowest BCUT2D eigenvalue weighted by molar-refractivity contribution is -0.149. The number of ether oxygens (including phenoxy) is 1. The number of nitrogens with one attached hydrogen (secondary N) is 5. The van der Waals surface area contributed by atoms with Crippen LogP contribution in [0, 0.1) is 37.5 Å². The van der Waals surface area contributed by atoms with E-state index in [1.165, 1.54) is 18.2 Å². The molecule has 7 rings (SSSR count). The summed E-state index contributed by atoms with van der Waals surface area (Å²) in [5.41, 5.74) is 7.43. The number of methoxy groups -OCH3 is 1. The van der Waals surface area contributed by atoms with E-state index in [1.807, 2.05) is 6.08 Å². The number of aromatic nitrogens is 2. The monoisotopic (exact) mass is 573 g/mol. The van der Waals surface area contributed by atoms with E-state index in [0.717, 1.165) is 63.0 Å². The zero-order valence-electron chi connectivity index (χ0n) is 25.5. The summed E-state index contributed by atoms with van der Waals surface area (Å²) in [5.74, 6) is -0.791. The molecule has 3 fully saturated rings. The van der Waals surface area contributed by atoms with Crippen LogP contribution >= 0.6 is 0 Å². The van der Waals surface area contributed by atoms with E-state index < -0.39 is 23.2 Å². The van der Waals surface area contributed by atoms with Crippen molar-refractivity contribution in [3.8, 4) is 0 Å². The van der Waals surface area contributed by atoms with E-state index in [0.29, 0.717) is 5.92 Å². The summed E-state index contributed by atoms with van der Waals surface area (Å²) < 4.78 is 5.30. The first-order valence-corrected chi connectivity index (χ1v) is 15.3. The van der Waals surface area contributed by atoms with E-state index in [-0.39, 0.29) is 30.5 Å². The van der Waals surface area contributed by atoms with Crippen LogP contribution < -0.4 is 26.5 Å². The van der Waals surface area contributed by atoms with Crippen molar-refractivity contribution in [3.05, 3.63) is 61.3 Å². The molecule has 8 bridgehead atoms. The normalized spacial score (nSPS) is 38.5. The molecule has 4 aliphatic heterocycles. The molecule has 42 heavy (non-hydrogen) atoms. The predicted octanol–water partition coefficient (Wildman–Crippen LogP) is 0.960. The highest BCUT2D eigenvalue weighted by molar-refractivity contribution is 5.84. The van der Waals surface area contributed by atoms with Gasteiger partial charge in [0.2, 0.25) is 0 Å². The lowest BCUT2D eigenvalue weighted by atomic mass is 9.81. The fraction of sp³-hybridized carbons (Fsp3) is 0.545. The van der Waals surface area contributed by atoms with Crippen molar-refractivity contribution in [2.24, 2.45) is 23.7 Å². The lowest BCUT2D eigenvalue weighted by Crippen LogP contribution is -2.44. The van der Waals surface area contributed by atoms with E-state index in [4.69, 9.17) is 4.74 Å². The van der Waals surface area contributed by atoms with Crippen LogP contribution in [0.4, 0.5) is 0 Å². The van der Waals surface area contributed by atoms with Crippen LogP contribution in [-0.4, -0.2) is 63.2 Å². The van der Waals surface area contributed by atoms with Gasteiger partial charge in [0.1, 0.15) is 11.5 Å². The van der Waals surface area contributed by atoms with E-state index in [9.17, 15) is 15.0 Å². The Hall–Kier alpha value is -3.11. The molecule has 1 spiro atoms. The molecule has 2 aromatic heterocycles. The lowest BCUT2D eigenvalue weighted by Gasteiger charge is -2.28. The minimum Gasteiger partial charge on any atom is -0.468 e. The summed E-state index contributed by atoms with van der Waals surface area (Å²) in [6.45, 7) is 13.0. The number of fused-ring (bicyclic) bond motifs is 8. The molecule has 224 valence electrons. The molecule has 1 aliphatic carbocycles. The van der Waals surface area contributed by atoms with Gasteiger partial charge in [-0.15, -0.1) is 0 Å². The molecule has 7 N–H and O–H groups in total. The molecule has 8 atom stereocenters. The van der Waals surface area contributed by atoms with Crippen molar-refractivity contribution in [2.75, 3.05) is 13.7 Å². The zero-order chi connectivity index (χ0) is 29.9. The number of carbonyl (C=O) groups excluding carboxylic acids is 1. The summed E-state index contributed by atoms with van der Waals surface area (Å²) in [5, 5.41) is 35.0. The standard InChI is InChI=1S/C33H43N5O4/c1-8-19-16(4)23-12-26-20(9-10-39)17(5)22(35-26)11-21-14(2)15(3)29(36-21)27-28(31(40)42-7)33(41)32(38-33)18(6)24(37-30(27)32)13-25(19)34-23/h9,12-15,18,21,28-29,34-39,41H,8,10-11H2,1-7H3/b20-9+,24-13-,26-12-/t14-,15-,18?,21?,28-,29?,32-,33-/m0/s1. The highest BCUT2D eigenvalue weighted by atomic mass is 16.5. The average molecular weight is 574 g/mol. The molecule has 9 nitrogen and oxygen atoms in total. The van der Waals surface area contributed by atoms with Gasteiger partial charge in [-0.3, -0.25) is 10.1 Å². The summed E-state index contributed by atoms with van der Waals surface area (Å²) in [6.07, 6.45) is 7.86. The first-order valence-electron chi connectivity index (χ1n) is 15.3. The van der Waals surface area contributed by atoms with Crippen LogP contribution in [0.2, 0.25) is 0 Å². The molecular weight excluding hydrogens is 530 g/mol. The molecule has 3 unspecified atom stereocenters. The predicted molar refractivity (Wildman–Crippen MR) is 161 cm³/mol. The number of aliphatic hydroxyl groups excluding tert-OH is 1. The van der Waals surface area contributed by atoms with Crippen molar-refractivity contribution >= 4 is 24.2 Å². The smallest absolute Gasteiger partial charge is 0.317 e. The van der Waals surface area contributed by atoms with Gasteiger partial charge in [0.25, 0.3) is 0 Å². The summed E-state index contributed by atoms with van der Waals surface area (Å²) >= 11 is 0. The van der Waals surface area contributed by atoms with Gasteiger partial charge in [0, 0.05) is 63.5 Å². The first kappa shape index (κ1) is 27.7. The number of aromatic amines is 2. The fourth-order valence-corrected chi connectivity index (χ4v) is 8.75. The van der Waals surface area contributed by atoms with Crippen molar-refractivity contribution in [1.29, 1.82) is 0 Å². The quantitative estimate of drug-likeness (QED) is 0.214. The van der Waals surface area contributed by atoms with E-state index >= 15 is 0 Å². The number of esters is 1. The average Bonchev–Trinajstić information content (AvgIpc) is 3.24. The van der Waals surface area contributed by atoms with Gasteiger partial charge in [-0.2, -0.15) is 0 Å². The third-order valence-electron chi connectivity index (χ3n) is 11.4. The molecule has 3 saturated heterocycles. The Morgan fingerprint density at radius 3 is 2.57 bits per heavy atom. The number of carbonyl (C=O) groups is 1. The summed E-state index contributed by atoms with van der Waals surface area (Å²) in [7, 11) is 1.40. The summed E-state index contributed by atoms with van der Waals surface area (Å²) in [6, 6.07) is 0.0354. The van der Waals surface area contributed by atoms with Gasteiger partial charge in [-0.25, -0.2) is 0 Å². The number of rotatable bonds is 3. The Kier molecular flexibility index (Phi) is 6.07. The van der Waals surface area contributed by atoms with Crippen molar-refractivity contribution in [2.45, 2.75) is 77.7 Å². The Bertz CT molecular complexity index is 1700. The SMILES string of the molecule is CCc1c2[nH]c(c1C)/C=c1\[nH]c(c(C)\c1=C/CO)CC1NC(C3=C4N/C(=C\2)C(C)[C@]42N[C@]2(O)[C@@H]3C(=O)OC)[C@@H](C)[C@@H]1C.